The largest absolute Gasteiger partial charge is 0.481 e. The fourth-order valence-corrected chi connectivity index (χ4v) is 8.97. The Morgan fingerprint density at radius 1 is 0.975 bits per heavy atom. The Morgan fingerprint density at radius 3 is 2.33 bits per heavy atom. The van der Waals surface area contributed by atoms with Gasteiger partial charge in [0.1, 0.15) is 12.8 Å². The van der Waals surface area contributed by atoms with E-state index >= 15 is 0 Å². The molecule has 8 nitrogen and oxygen atoms in total. The van der Waals surface area contributed by atoms with Crippen LogP contribution in [-0.4, -0.2) is 56.5 Å². The Kier molecular flexibility index (Phi) is 7.98. The van der Waals surface area contributed by atoms with Crippen molar-refractivity contribution in [3.05, 3.63) is 40.3 Å². The molecule has 0 radical (unpaired) electrons. The highest BCUT2D eigenvalue weighted by molar-refractivity contribution is 6.00. The molecule has 1 aromatic carbocycles. The SMILES string of the molecule is CCC1CC2CC(N3C4CCCC3CC(n3c(=O)c(/C(CCC(=O)O)=N/OC)nc5ccccc53)C4)C[C@@H](C1)C2. The summed E-state index contributed by atoms with van der Waals surface area (Å²) in [5.74, 6) is 1.76. The molecular formula is C32H44N4O4. The fourth-order valence-electron chi connectivity index (χ4n) is 8.97. The van der Waals surface area contributed by atoms with Crippen molar-refractivity contribution in [3.63, 3.8) is 0 Å². The van der Waals surface area contributed by atoms with Gasteiger partial charge in [-0.2, -0.15) is 0 Å². The molecule has 2 aliphatic heterocycles. The highest BCUT2D eigenvalue weighted by atomic mass is 16.6. The number of carboxylic acids is 1. The predicted molar refractivity (Wildman–Crippen MR) is 156 cm³/mol. The molecule has 6 rings (SSSR count). The number of rotatable bonds is 8. The second kappa shape index (κ2) is 11.6. The van der Waals surface area contributed by atoms with Gasteiger partial charge in [0.05, 0.1) is 17.5 Å². The standard InChI is InChI=1S/C32H44N4O4/c1-3-20-13-21-15-22(14-20)17-25(16-21)35-23-7-6-8-24(35)19-26(18-23)36-29-10-5-4-9-27(29)33-31(32(36)39)28(34-40-2)11-12-30(37)38/h4-5,9-10,20-26H,3,6-8,11-19H2,1-2H3,(H,37,38)/b34-28+/t20?,21-,22?,23?,24?,25?,26?/m0/s1. The van der Waals surface area contributed by atoms with Crippen molar-refractivity contribution in [2.75, 3.05) is 7.11 Å². The molecule has 4 aliphatic rings. The molecule has 5 unspecified atom stereocenters. The van der Waals surface area contributed by atoms with Crippen LogP contribution >= 0.6 is 0 Å². The second-order valence-electron chi connectivity index (χ2n) is 12.9. The van der Waals surface area contributed by atoms with E-state index < -0.39 is 5.97 Å². The van der Waals surface area contributed by atoms with Crippen LogP contribution in [-0.2, 0) is 9.63 Å². The molecule has 8 heteroatoms. The Balaban J connectivity index is 1.32. The molecule has 0 amide bonds. The Hall–Kier alpha value is -2.74. The molecule has 2 saturated carbocycles. The summed E-state index contributed by atoms with van der Waals surface area (Å²) >= 11 is 0. The number of piperidine rings is 2. The van der Waals surface area contributed by atoms with Gasteiger partial charge < -0.3 is 14.5 Å². The maximum absolute atomic E-state index is 14.1. The van der Waals surface area contributed by atoms with Gasteiger partial charge in [-0.15, -0.1) is 0 Å². The van der Waals surface area contributed by atoms with Gasteiger partial charge in [-0.25, -0.2) is 4.98 Å². The molecule has 2 aliphatic carbocycles. The minimum Gasteiger partial charge on any atom is -0.481 e. The van der Waals surface area contributed by atoms with E-state index in [0.717, 1.165) is 41.6 Å². The lowest BCUT2D eigenvalue weighted by atomic mass is 9.64. The summed E-state index contributed by atoms with van der Waals surface area (Å²) in [5, 5.41) is 13.3. The van der Waals surface area contributed by atoms with Crippen LogP contribution < -0.4 is 5.56 Å². The number of carbonyl (C=O) groups is 1. The van der Waals surface area contributed by atoms with Crippen molar-refractivity contribution in [1.82, 2.24) is 14.5 Å². The molecule has 1 N–H and O–H groups in total. The van der Waals surface area contributed by atoms with Crippen LogP contribution in [0.3, 0.4) is 0 Å². The van der Waals surface area contributed by atoms with E-state index in [-0.39, 0.29) is 30.1 Å². The lowest BCUT2D eigenvalue weighted by Gasteiger charge is -2.56. The number of oxime groups is 1. The Labute approximate surface area is 236 Å². The van der Waals surface area contributed by atoms with Crippen molar-refractivity contribution < 1.29 is 14.7 Å². The minimum absolute atomic E-state index is 0.0848. The lowest BCUT2D eigenvalue weighted by Crippen LogP contribution is -2.59. The molecule has 40 heavy (non-hydrogen) atoms. The number of carboxylic acid groups (broad SMARTS) is 1. The third-order valence-corrected chi connectivity index (χ3v) is 10.4. The van der Waals surface area contributed by atoms with Gasteiger partial charge in [0.15, 0.2) is 5.69 Å². The van der Waals surface area contributed by atoms with E-state index in [1.54, 1.807) is 0 Å². The molecule has 6 atom stereocenters. The molecule has 4 bridgehead atoms. The molecule has 4 fully saturated rings. The first-order valence-corrected chi connectivity index (χ1v) is 15.6. The van der Waals surface area contributed by atoms with Crippen molar-refractivity contribution in [3.8, 4) is 0 Å². The summed E-state index contributed by atoms with van der Waals surface area (Å²) in [5.41, 5.74) is 1.90. The highest BCUT2D eigenvalue weighted by Gasteiger charge is 2.46. The summed E-state index contributed by atoms with van der Waals surface area (Å²) in [6.07, 6.45) is 13.9. The molecule has 3 heterocycles. The van der Waals surface area contributed by atoms with E-state index in [1.807, 2.05) is 28.8 Å². The third-order valence-electron chi connectivity index (χ3n) is 10.4. The average molecular weight is 549 g/mol. The lowest BCUT2D eigenvalue weighted by molar-refractivity contribution is -0.136. The van der Waals surface area contributed by atoms with Crippen LogP contribution in [0.25, 0.3) is 11.0 Å². The number of nitrogens with zero attached hydrogens (tertiary/aromatic N) is 4. The van der Waals surface area contributed by atoms with E-state index in [9.17, 15) is 14.7 Å². The van der Waals surface area contributed by atoms with E-state index in [2.05, 4.69) is 22.0 Å². The smallest absolute Gasteiger partial charge is 0.303 e. The van der Waals surface area contributed by atoms with Crippen LogP contribution in [0.15, 0.2) is 34.2 Å². The average Bonchev–Trinajstić information content (AvgIpc) is 2.93. The van der Waals surface area contributed by atoms with Gasteiger partial charge in [-0.3, -0.25) is 14.5 Å². The fraction of sp³-hybridized carbons (Fsp3) is 0.688. The van der Waals surface area contributed by atoms with Crippen LogP contribution in [0.1, 0.15) is 102 Å². The Bertz CT molecular complexity index is 1290. The van der Waals surface area contributed by atoms with Crippen molar-refractivity contribution in [1.29, 1.82) is 0 Å². The van der Waals surface area contributed by atoms with Crippen molar-refractivity contribution in [2.24, 2.45) is 22.9 Å². The summed E-state index contributed by atoms with van der Waals surface area (Å²) in [7, 11) is 1.42. The maximum atomic E-state index is 14.1. The van der Waals surface area contributed by atoms with Crippen LogP contribution in [0.5, 0.6) is 0 Å². The van der Waals surface area contributed by atoms with Gasteiger partial charge in [0.2, 0.25) is 0 Å². The number of hydrogen-bond acceptors (Lipinski definition) is 6. The third kappa shape index (κ3) is 5.31. The summed E-state index contributed by atoms with van der Waals surface area (Å²) < 4.78 is 1.97. The zero-order chi connectivity index (χ0) is 27.8. The molecule has 2 saturated heterocycles. The number of para-hydroxylation sites is 2. The zero-order valence-corrected chi connectivity index (χ0v) is 24.0. The first-order valence-electron chi connectivity index (χ1n) is 15.6. The van der Waals surface area contributed by atoms with E-state index in [0.29, 0.717) is 23.8 Å². The van der Waals surface area contributed by atoms with Crippen molar-refractivity contribution in [2.45, 2.75) is 115 Å². The summed E-state index contributed by atoms with van der Waals surface area (Å²) in [4.78, 5) is 38.1. The first-order chi connectivity index (χ1) is 19.4. The van der Waals surface area contributed by atoms with Gasteiger partial charge in [0.25, 0.3) is 5.56 Å². The highest BCUT2D eigenvalue weighted by Crippen LogP contribution is 2.49. The molecule has 1 aromatic heterocycles. The topological polar surface area (TPSA) is 97.0 Å². The second-order valence-corrected chi connectivity index (χ2v) is 12.9. The number of hydrogen-bond donors (Lipinski definition) is 1. The summed E-state index contributed by atoms with van der Waals surface area (Å²) in [6, 6.07) is 9.60. The van der Waals surface area contributed by atoms with E-state index in [4.69, 9.17) is 4.84 Å². The molecular weight excluding hydrogens is 504 g/mol. The Morgan fingerprint density at radius 2 is 1.68 bits per heavy atom. The predicted octanol–water partition coefficient (Wildman–Crippen LogP) is 5.77. The molecule has 0 spiro atoms. The summed E-state index contributed by atoms with van der Waals surface area (Å²) in [6.45, 7) is 2.37. The quantitative estimate of drug-likeness (QED) is 0.332. The number of aromatic nitrogens is 2. The van der Waals surface area contributed by atoms with Crippen LogP contribution in [0, 0.1) is 17.8 Å². The molecule has 216 valence electrons. The number of benzene rings is 1. The molecule has 2 aromatic rings. The van der Waals surface area contributed by atoms with Gasteiger partial charge in [-0.1, -0.05) is 37.1 Å². The number of fused-ring (bicyclic) bond motifs is 5. The van der Waals surface area contributed by atoms with Crippen molar-refractivity contribution >= 4 is 22.7 Å². The van der Waals surface area contributed by atoms with Crippen LogP contribution in [0.4, 0.5) is 0 Å². The van der Waals surface area contributed by atoms with Gasteiger partial charge in [-0.05, 0) is 87.7 Å². The number of aliphatic carboxylic acids is 1. The van der Waals surface area contributed by atoms with Crippen LogP contribution in [0.2, 0.25) is 0 Å². The van der Waals surface area contributed by atoms with Gasteiger partial charge in [0, 0.05) is 30.6 Å². The van der Waals surface area contributed by atoms with E-state index in [1.165, 1.54) is 64.9 Å². The zero-order valence-electron chi connectivity index (χ0n) is 24.0. The normalized spacial score (nSPS) is 32.6. The van der Waals surface area contributed by atoms with Gasteiger partial charge >= 0.3 is 5.97 Å². The maximum Gasteiger partial charge on any atom is 0.303 e. The first kappa shape index (κ1) is 27.4. The monoisotopic (exact) mass is 548 g/mol. The minimum atomic E-state index is -0.942.